The third-order valence-electron chi connectivity index (χ3n) is 2.47. The molecule has 0 aromatic heterocycles. The van der Waals surface area contributed by atoms with Crippen LogP contribution in [0.25, 0.3) is 0 Å². The van der Waals surface area contributed by atoms with E-state index >= 15 is 0 Å². The number of aliphatic carboxylic acids is 1. The second kappa shape index (κ2) is 6.64. The lowest BCUT2D eigenvalue weighted by atomic mass is 10.2. The van der Waals surface area contributed by atoms with Crippen molar-refractivity contribution in [3.63, 3.8) is 0 Å². The molecule has 0 unspecified atom stereocenters. The number of nitrogens with zero attached hydrogens (tertiary/aromatic N) is 1. The molecule has 0 bridgehead atoms. The molecule has 18 heavy (non-hydrogen) atoms. The van der Waals surface area contributed by atoms with Gasteiger partial charge in [-0.25, -0.2) is 0 Å². The van der Waals surface area contributed by atoms with Gasteiger partial charge < -0.3 is 14.7 Å². The van der Waals surface area contributed by atoms with E-state index in [1.54, 1.807) is 0 Å². The molecule has 0 heterocycles. The molecule has 0 aliphatic heterocycles. The number of hydrogen-bond donors (Lipinski definition) is 1. The number of carboxylic acids is 1. The van der Waals surface area contributed by atoms with E-state index in [2.05, 4.69) is 0 Å². The lowest BCUT2D eigenvalue weighted by Crippen LogP contribution is -2.32. The molecule has 1 amide bonds. The minimum Gasteiger partial charge on any atom is -0.493 e. The Morgan fingerprint density at radius 1 is 1.33 bits per heavy atom. The van der Waals surface area contributed by atoms with Crippen LogP contribution < -0.4 is 4.74 Å². The maximum Gasteiger partial charge on any atom is 0.323 e. The van der Waals surface area contributed by atoms with E-state index in [1.807, 2.05) is 31.2 Å². The highest BCUT2D eigenvalue weighted by molar-refractivity contribution is 5.81. The Morgan fingerprint density at radius 2 is 2.00 bits per heavy atom. The van der Waals surface area contributed by atoms with E-state index in [1.165, 1.54) is 11.9 Å². The standard InChI is InChI=1S/C13H17NO4/c1-10-5-3-4-6-11(10)18-8-7-12(15)14(2)9-13(16)17/h3-6H,7-9H2,1-2H3,(H,16,17). The summed E-state index contributed by atoms with van der Waals surface area (Å²) in [6, 6.07) is 7.53. The normalized spacial score (nSPS) is 9.89. The summed E-state index contributed by atoms with van der Waals surface area (Å²) < 4.78 is 5.47. The van der Waals surface area contributed by atoms with E-state index in [0.29, 0.717) is 0 Å². The number of carbonyl (C=O) groups is 2. The van der Waals surface area contributed by atoms with Gasteiger partial charge in [0.15, 0.2) is 0 Å². The Labute approximate surface area is 106 Å². The van der Waals surface area contributed by atoms with Crippen LogP contribution >= 0.6 is 0 Å². The number of carboxylic acid groups (broad SMARTS) is 1. The Hall–Kier alpha value is -2.04. The topological polar surface area (TPSA) is 66.8 Å². The first-order valence-electron chi connectivity index (χ1n) is 5.65. The lowest BCUT2D eigenvalue weighted by Gasteiger charge is -2.15. The Kier molecular flexibility index (Phi) is 5.17. The first kappa shape index (κ1) is 14.0. The van der Waals surface area contributed by atoms with Crippen molar-refractivity contribution in [1.82, 2.24) is 4.90 Å². The molecule has 98 valence electrons. The molecule has 0 radical (unpaired) electrons. The Morgan fingerprint density at radius 3 is 2.61 bits per heavy atom. The minimum atomic E-state index is -1.02. The number of likely N-dealkylation sites (N-methyl/N-ethyl adjacent to an activating group) is 1. The van der Waals surface area contributed by atoms with E-state index in [4.69, 9.17) is 9.84 Å². The molecule has 0 spiro atoms. The average molecular weight is 251 g/mol. The summed E-state index contributed by atoms with van der Waals surface area (Å²) in [5, 5.41) is 8.55. The summed E-state index contributed by atoms with van der Waals surface area (Å²) in [5.41, 5.74) is 1.00. The molecule has 5 nitrogen and oxygen atoms in total. The lowest BCUT2D eigenvalue weighted by molar-refractivity contribution is -0.143. The van der Waals surface area contributed by atoms with Crippen LogP contribution in [0, 0.1) is 6.92 Å². The van der Waals surface area contributed by atoms with E-state index in [0.717, 1.165) is 11.3 Å². The predicted molar refractivity (Wildman–Crippen MR) is 66.6 cm³/mol. The smallest absolute Gasteiger partial charge is 0.323 e. The maximum atomic E-state index is 11.5. The molecule has 1 aromatic carbocycles. The third kappa shape index (κ3) is 4.45. The number of para-hydroxylation sites is 1. The molecular formula is C13H17NO4. The second-order valence-electron chi connectivity index (χ2n) is 4.01. The maximum absolute atomic E-state index is 11.5. The number of aryl methyl sites for hydroxylation is 1. The van der Waals surface area contributed by atoms with Crippen LogP contribution in [0.5, 0.6) is 5.75 Å². The van der Waals surface area contributed by atoms with Crippen molar-refractivity contribution >= 4 is 11.9 Å². The molecular weight excluding hydrogens is 234 g/mol. The van der Waals surface area contributed by atoms with Gasteiger partial charge in [0.2, 0.25) is 5.91 Å². The zero-order chi connectivity index (χ0) is 13.5. The highest BCUT2D eigenvalue weighted by Crippen LogP contribution is 2.16. The van der Waals surface area contributed by atoms with Crippen molar-refractivity contribution in [2.24, 2.45) is 0 Å². The van der Waals surface area contributed by atoms with Gasteiger partial charge in [0.25, 0.3) is 0 Å². The largest absolute Gasteiger partial charge is 0.493 e. The van der Waals surface area contributed by atoms with Crippen molar-refractivity contribution in [3.05, 3.63) is 29.8 Å². The fourth-order valence-electron chi connectivity index (χ4n) is 1.45. The molecule has 0 atom stereocenters. The Balaban J connectivity index is 2.36. The molecule has 0 aliphatic carbocycles. The van der Waals surface area contributed by atoms with Gasteiger partial charge >= 0.3 is 5.97 Å². The molecule has 1 N–H and O–H groups in total. The summed E-state index contributed by atoms with van der Waals surface area (Å²) in [7, 11) is 1.46. The molecule has 0 fully saturated rings. The highest BCUT2D eigenvalue weighted by Gasteiger charge is 2.11. The van der Waals surface area contributed by atoms with Crippen LogP contribution in [0.2, 0.25) is 0 Å². The molecule has 0 aliphatic rings. The molecule has 0 saturated heterocycles. The van der Waals surface area contributed by atoms with Crippen molar-refractivity contribution in [2.45, 2.75) is 13.3 Å². The van der Waals surface area contributed by atoms with Gasteiger partial charge in [0.1, 0.15) is 12.3 Å². The fraction of sp³-hybridized carbons (Fsp3) is 0.385. The summed E-state index contributed by atoms with van der Waals surface area (Å²) in [5.74, 6) is -0.525. The van der Waals surface area contributed by atoms with Gasteiger partial charge in [-0.3, -0.25) is 9.59 Å². The second-order valence-corrected chi connectivity index (χ2v) is 4.01. The van der Waals surface area contributed by atoms with Crippen LogP contribution in [0.1, 0.15) is 12.0 Å². The van der Waals surface area contributed by atoms with Crippen LogP contribution in [0.4, 0.5) is 0 Å². The summed E-state index contributed by atoms with van der Waals surface area (Å²) in [4.78, 5) is 23.1. The fourth-order valence-corrected chi connectivity index (χ4v) is 1.45. The Bertz CT molecular complexity index is 431. The third-order valence-corrected chi connectivity index (χ3v) is 2.47. The predicted octanol–water partition coefficient (Wildman–Crippen LogP) is 1.31. The van der Waals surface area contributed by atoms with Crippen LogP contribution in [-0.2, 0) is 9.59 Å². The number of rotatable bonds is 6. The number of carbonyl (C=O) groups excluding carboxylic acids is 1. The van der Waals surface area contributed by atoms with Crippen LogP contribution in [-0.4, -0.2) is 42.1 Å². The number of benzene rings is 1. The van der Waals surface area contributed by atoms with Gasteiger partial charge in [0.05, 0.1) is 13.0 Å². The molecule has 1 aromatic rings. The number of ether oxygens (including phenoxy) is 1. The summed E-state index contributed by atoms with van der Waals surface area (Å²) >= 11 is 0. The zero-order valence-corrected chi connectivity index (χ0v) is 10.5. The van der Waals surface area contributed by atoms with Crippen molar-refractivity contribution in [3.8, 4) is 5.75 Å². The SMILES string of the molecule is Cc1ccccc1OCCC(=O)N(C)CC(=O)O. The van der Waals surface area contributed by atoms with E-state index in [9.17, 15) is 9.59 Å². The zero-order valence-electron chi connectivity index (χ0n) is 10.5. The van der Waals surface area contributed by atoms with E-state index < -0.39 is 5.97 Å². The van der Waals surface area contributed by atoms with Gasteiger partial charge in [-0.1, -0.05) is 18.2 Å². The van der Waals surface area contributed by atoms with Crippen molar-refractivity contribution in [1.29, 1.82) is 0 Å². The van der Waals surface area contributed by atoms with Gasteiger partial charge in [-0.2, -0.15) is 0 Å². The van der Waals surface area contributed by atoms with Crippen molar-refractivity contribution < 1.29 is 19.4 Å². The first-order valence-corrected chi connectivity index (χ1v) is 5.65. The van der Waals surface area contributed by atoms with Gasteiger partial charge in [-0.05, 0) is 18.6 Å². The molecule has 1 rings (SSSR count). The average Bonchev–Trinajstić information content (AvgIpc) is 2.30. The van der Waals surface area contributed by atoms with Gasteiger partial charge in [-0.15, -0.1) is 0 Å². The van der Waals surface area contributed by atoms with Crippen molar-refractivity contribution in [2.75, 3.05) is 20.2 Å². The minimum absolute atomic E-state index is 0.165. The summed E-state index contributed by atoms with van der Waals surface area (Å²) in [6.45, 7) is 1.88. The first-order chi connectivity index (χ1) is 8.50. The van der Waals surface area contributed by atoms with Gasteiger partial charge in [0, 0.05) is 7.05 Å². The molecule has 0 saturated carbocycles. The van der Waals surface area contributed by atoms with Crippen LogP contribution in [0.15, 0.2) is 24.3 Å². The summed E-state index contributed by atoms with van der Waals surface area (Å²) in [6.07, 6.45) is 0.165. The molecule has 5 heteroatoms. The van der Waals surface area contributed by atoms with Crippen LogP contribution in [0.3, 0.4) is 0 Å². The number of hydrogen-bond acceptors (Lipinski definition) is 3. The number of amides is 1. The monoisotopic (exact) mass is 251 g/mol. The highest BCUT2D eigenvalue weighted by atomic mass is 16.5. The van der Waals surface area contributed by atoms with E-state index in [-0.39, 0.29) is 25.5 Å². The quantitative estimate of drug-likeness (QED) is 0.827.